The van der Waals surface area contributed by atoms with E-state index in [0.29, 0.717) is 11.0 Å². The summed E-state index contributed by atoms with van der Waals surface area (Å²) in [7, 11) is 0. The molecule has 3 aromatic carbocycles. The number of hydrogen-bond donors (Lipinski definition) is 1. The molecular weight excluding hydrogens is 426 g/mol. The van der Waals surface area contributed by atoms with Crippen molar-refractivity contribution in [3.05, 3.63) is 94.5 Å². The van der Waals surface area contributed by atoms with Crippen molar-refractivity contribution < 1.29 is 9.72 Å². The molecule has 1 heterocycles. The molecule has 32 heavy (non-hydrogen) atoms. The highest BCUT2D eigenvalue weighted by atomic mass is 32.2. The molecule has 0 unspecified atom stereocenters. The van der Waals surface area contributed by atoms with Crippen LogP contribution in [0.25, 0.3) is 17.1 Å². The number of nitro benzene ring substituents is 1. The van der Waals surface area contributed by atoms with Gasteiger partial charge in [0.15, 0.2) is 11.0 Å². The Balaban J connectivity index is 1.57. The molecule has 0 atom stereocenters. The molecule has 0 bridgehead atoms. The molecule has 0 spiro atoms. The smallest absolute Gasteiger partial charge is 0.293 e. The number of hydrogen-bond acceptors (Lipinski definition) is 6. The van der Waals surface area contributed by atoms with Gasteiger partial charge in [-0.1, -0.05) is 66.4 Å². The lowest BCUT2D eigenvalue weighted by Gasteiger charge is -2.10. The number of anilines is 1. The molecule has 0 aliphatic rings. The predicted octanol–water partition coefficient (Wildman–Crippen LogP) is 4.88. The van der Waals surface area contributed by atoms with Crippen molar-refractivity contribution >= 4 is 29.0 Å². The highest BCUT2D eigenvalue weighted by Crippen LogP contribution is 2.29. The number of carbonyl (C=O) groups is 1. The van der Waals surface area contributed by atoms with Crippen LogP contribution in [0.15, 0.2) is 84.0 Å². The number of amides is 1. The molecule has 1 aromatic heterocycles. The molecule has 0 fully saturated rings. The normalized spacial score (nSPS) is 10.7. The van der Waals surface area contributed by atoms with Gasteiger partial charge in [0.1, 0.15) is 5.69 Å². The van der Waals surface area contributed by atoms with Crippen molar-refractivity contribution in [2.75, 3.05) is 11.1 Å². The van der Waals surface area contributed by atoms with E-state index in [1.165, 1.54) is 23.9 Å². The first-order chi connectivity index (χ1) is 15.5. The molecule has 1 N–H and O–H groups in total. The lowest BCUT2D eigenvalue weighted by atomic mass is 10.2. The Morgan fingerprint density at radius 2 is 1.72 bits per heavy atom. The van der Waals surface area contributed by atoms with Gasteiger partial charge in [0.05, 0.1) is 10.7 Å². The van der Waals surface area contributed by atoms with Crippen LogP contribution in [-0.2, 0) is 4.79 Å². The van der Waals surface area contributed by atoms with Crippen LogP contribution in [0.5, 0.6) is 0 Å². The van der Waals surface area contributed by atoms with Crippen molar-refractivity contribution in [2.24, 2.45) is 0 Å². The summed E-state index contributed by atoms with van der Waals surface area (Å²) in [4.78, 5) is 23.4. The minimum Gasteiger partial charge on any atom is -0.320 e. The van der Waals surface area contributed by atoms with Crippen molar-refractivity contribution in [3.63, 3.8) is 0 Å². The third kappa shape index (κ3) is 4.68. The minimum absolute atomic E-state index is 0.0186. The van der Waals surface area contributed by atoms with Crippen LogP contribution < -0.4 is 5.32 Å². The lowest BCUT2D eigenvalue weighted by molar-refractivity contribution is -0.384. The van der Waals surface area contributed by atoms with Gasteiger partial charge in [-0.25, -0.2) is 0 Å². The molecule has 0 aliphatic carbocycles. The Morgan fingerprint density at radius 1 is 1.03 bits per heavy atom. The van der Waals surface area contributed by atoms with E-state index in [1.54, 1.807) is 13.0 Å². The van der Waals surface area contributed by atoms with Gasteiger partial charge in [-0.15, -0.1) is 10.2 Å². The van der Waals surface area contributed by atoms with Crippen LogP contribution in [0.3, 0.4) is 0 Å². The number of nitrogens with one attached hydrogen (secondary N) is 1. The summed E-state index contributed by atoms with van der Waals surface area (Å²) in [5, 5.41) is 23.1. The first kappa shape index (κ1) is 21.3. The van der Waals surface area contributed by atoms with Crippen molar-refractivity contribution in [1.82, 2.24) is 14.8 Å². The van der Waals surface area contributed by atoms with Gasteiger partial charge in [0, 0.05) is 17.3 Å². The molecule has 1 amide bonds. The van der Waals surface area contributed by atoms with Gasteiger partial charge in [-0.05, 0) is 30.7 Å². The first-order valence-corrected chi connectivity index (χ1v) is 10.8. The molecule has 8 nitrogen and oxygen atoms in total. The summed E-state index contributed by atoms with van der Waals surface area (Å²) in [5.74, 6) is 0.310. The highest BCUT2D eigenvalue weighted by molar-refractivity contribution is 7.99. The molecule has 160 valence electrons. The van der Waals surface area contributed by atoms with Crippen LogP contribution in [0, 0.1) is 17.0 Å². The zero-order chi connectivity index (χ0) is 22.5. The molecule has 4 aromatic rings. The maximum Gasteiger partial charge on any atom is 0.293 e. The second kappa shape index (κ2) is 9.44. The van der Waals surface area contributed by atoms with E-state index in [2.05, 4.69) is 15.5 Å². The average Bonchev–Trinajstić information content (AvgIpc) is 3.24. The second-order valence-electron chi connectivity index (χ2n) is 6.96. The number of nitro groups is 1. The summed E-state index contributed by atoms with van der Waals surface area (Å²) in [6.45, 7) is 1.76. The number of aryl methyl sites for hydroxylation is 1. The van der Waals surface area contributed by atoms with Gasteiger partial charge in [-0.3, -0.25) is 19.5 Å². The van der Waals surface area contributed by atoms with Gasteiger partial charge >= 0.3 is 0 Å². The lowest BCUT2D eigenvalue weighted by Crippen LogP contribution is -2.15. The third-order valence-electron chi connectivity index (χ3n) is 4.64. The Kier molecular flexibility index (Phi) is 6.27. The molecule has 0 radical (unpaired) electrons. The number of carbonyl (C=O) groups excluding carboxylic acids is 1. The van der Waals surface area contributed by atoms with E-state index in [1.807, 2.05) is 65.2 Å². The minimum atomic E-state index is -0.506. The maximum absolute atomic E-state index is 12.6. The quantitative estimate of drug-likeness (QED) is 0.247. The van der Waals surface area contributed by atoms with E-state index in [9.17, 15) is 14.9 Å². The molecule has 0 saturated carbocycles. The number of para-hydroxylation sites is 1. The van der Waals surface area contributed by atoms with Gasteiger partial charge < -0.3 is 5.32 Å². The fourth-order valence-electron chi connectivity index (χ4n) is 3.16. The number of rotatable bonds is 7. The van der Waals surface area contributed by atoms with Gasteiger partial charge in [0.2, 0.25) is 5.91 Å². The van der Waals surface area contributed by atoms with E-state index < -0.39 is 4.92 Å². The summed E-state index contributed by atoms with van der Waals surface area (Å²) in [6.07, 6.45) is 0. The third-order valence-corrected chi connectivity index (χ3v) is 5.57. The summed E-state index contributed by atoms with van der Waals surface area (Å²) >= 11 is 1.21. The number of aromatic nitrogens is 3. The number of thioether (sulfide) groups is 1. The molecule has 4 rings (SSSR count). The Morgan fingerprint density at radius 3 is 2.41 bits per heavy atom. The zero-order valence-corrected chi connectivity index (χ0v) is 18.0. The Hall–Kier alpha value is -3.98. The largest absolute Gasteiger partial charge is 0.320 e. The van der Waals surface area contributed by atoms with E-state index >= 15 is 0 Å². The molecular formula is C23H19N5O3S. The van der Waals surface area contributed by atoms with Crippen LogP contribution in [0.4, 0.5) is 11.4 Å². The zero-order valence-electron chi connectivity index (χ0n) is 17.1. The fraction of sp³-hybridized carbons (Fsp3) is 0.0870. The fourth-order valence-corrected chi connectivity index (χ4v) is 3.91. The molecule has 0 saturated heterocycles. The van der Waals surface area contributed by atoms with Crippen LogP contribution in [0.1, 0.15) is 5.56 Å². The second-order valence-corrected chi connectivity index (χ2v) is 7.90. The van der Waals surface area contributed by atoms with Crippen LogP contribution >= 0.6 is 11.8 Å². The monoisotopic (exact) mass is 445 g/mol. The van der Waals surface area contributed by atoms with Gasteiger partial charge in [0.25, 0.3) is 5.69 Å². The maximum atomic E-state index is 12.6. The predicted molar refractivity (Wildman–Crippen MR) is 124 cm³/mol. The van der Waals surface area contributed by atoms with Crippen LogP contribution in [0.2, 0.25) is 0 Å². The topological polar surface area (TPSA) is 103 Å². The Labute approximate surface area is 188 Å². The average molecular weight is 446 g/mol. The van der Waals surface area contributed by atoms with Crippen molar-refractivity contribution in [1.29, 1.82) is 0 Å². The van der Waals surface area contributed by atoms with Gasteiger partial charge in [-0.2, -0.15) is 0 Å². The van der Waals surface area contributed by atoms with E-state index in [4.69, 9.17) is 0 Å². The summed E-state index contributed by atoms with van der Waals surface area (Å²) < 4.78 is 1.89. The van der Waals surface area contributed by atoms with Crippen LogP contribution in [-0.4, -0.2) is 31.3 Å². The van der Waals surface area contributed by atoms with E-state index in [0.717, 1.165) is 16.8 Å². The molecule has 0 aliphatic heterocycles. The Bertz CT molecular complexity index is 1260. The standard InChI is InChI=1S/C23H19N5O3S/c1-16-12-13-19(20(14-16)28(30)31)24-21(29)15-32-23-26-25-22(17-8-4-2-5-9-17)27(23)18-10-6-3-7-11-18/h2-14H,15H2,1H3,(H,24,29). The number of nitrogens with zero attached hydrogens (tertiary/aromatic N) is 4. The first-order valence-electron chi connectivity index (χ1n) is 9.77. The SMILES string of the molecule is Cc1ccc(NC(=O)CSc2nnc(-c3ccccc3)n2-c2ccccc2)c([N+](=O)[O-])c1. The summed E-state index contributed by atoms with van der Waals surface area (Å²) in [5.41, 5.74) is 2.54. The van der Waals surface area contributed by atoms with Crippen molar-refractivity contribution in [3.8, 4) is 17.1 Å². The van der Waals surface area contributed by atoms with E-state index in [-0.39, 0.29) is 23.0 Å². The summed E-state index contributed by atoms with van der Waals surface area (Å²) in [6, 6.07) is 24.0. The van der Waals surface area contributed by atoms with Crippen molar-refractivity contribution in [2.45, 2.75) is 12.1 Å². The highest BCUT2D eigenvalue weighted by Gasteiger charge is 2.19. The molecule has 9 heteroatoms. The number of benzene rings is 3.